The molecule has 1 heterocycles. The quantitative estimate of drug-likeness (QED) is 0.622. The van der Waals surface area contributed by atoms with E-state index in [0.717, 1.165) is 10.4 Å². The second-order valence-electron chi connectivity index (χ2n) is 4.21. The van der Waals surface area contributed by atoms with Crippen molar-refractivity contribution in [3.63, 3.8) is 0 Å². The van der Waals surface area contributed by atoms with Gasteiger partial charge in [0.2, 0.25) is 0 Å². The summed E-state index contributed by atoms with van der Waals surface area (Å²) in [6, 6.07) is 9.11. The zero-order valence-electron chi connectivity index (χ0n) is 11.2. The third kappa shape index (κ3) is 3.79. The summed E-state index contributed by atoms with van der Waals surface area (Å²) in [6.45, 7) is 3.45. The first-order valence-corrected chi connectivity index (χ1v) is 7.20. The maximum Gasteiger partial charge on any atom is 0.292 e. The zero-order valence-corrected chi connectivity index (χ0v) is 12.0. The van der Waals surface area contributed by atoms with Crippen LogP contribution in [0.4, 0.5) is 11.4 Å². The summed E-state index contributed by atoms with van der Waals surface area (Å²) >= 11 is 1.63. The Morgan fingerprint density at radius 3 is 2.85 bits per heavy atom. The fraction of sp³-hybridized carbons (Fsp3) is 0.286. The molecule has 0 aliphatic heterocycles. The van der Waals surface area contributed by atoms with Crippen LogP contribution < -0.4 is 5.32 Å². The van der Waals surface area contributed by atoms with Gasteiger partial charge >= 0.3 is 0 Å². The Hall–Kier alpha value is -1.92. The Morgan fingerprint density at radius 1 is 1.35 bits per heavy atom. The maximum absolute atomic E-state index is 11.0. The molecule has 0 aliphatic carbocycles. The minimum atomic E-state index is -0.374. The van der Waals surface area contributed by atoms with Gasteiger partial charge in [-0.15, -0.1) is 11.3 Å². The number of ether oxygens (including phenoxy) is 1. The van der Waals surface area contributed by atoms with Crippen molar-refractivity contribution in [3.05, 3.63) is 56.3 Å². The molecule has 2 rings (SSSR count). The molecule has 0 aliphatic rings. The molecule has 0 fully saturated rings. The van der Waals surface area contributed by atoms with E-state index in [1.54, 1.807) is 23.5 Å². The highest BCUT2D eigenvalue weighted by molar-refractivity contribution is 7.09. The highest BCUT2D eigenvalue weighted by atomic mass is 32.1. The summed E-state index contributed by atoms with van der Waals surface area (Å²) in [5, 5.41) is 16.0. The lowest BCUT2D eigenvalue weighted by atomic mass is 10.2. The molecule has 1 aromatic carbocycles. The SMILES string of the molecule is CCNc1ccc(COCc2cccs2)cc1[N+](=O)[O-]. The van der Waals surface area contributed by atoms with E-state index in [1.165, 1.54) is 0 Å². The lowest BCUT2D eigenvalue weighted by Gasteiger charge is -2.07. The summed E-state index contributed by atoms with van der Waals surface area (Å²) in [5.41, 5.74) is 1.43. The van der Waals surface area contributed by atoms with E-state index < -0.39 is 0 Å². The number of benzene rings is 1. The fourth-order valence-electron chi connectivity index (χ4n) is 1.82. The van der Waals surface area contributed by atoms with Gasteiger partial charge in [0.1, 0.15) is 5.69 Å². The van der Waals surface area contributed by atoms with Crippen molar-refractivity contribution in [2.45, 2.75) is 20.1 Å². The van der Waals surface area contributed by atoms with Gasteiger partial charge in [-0.2, -0.15) is 0 Å². The molecular weight excluding hydrogens is 276 g/mol. The van der Waals surface area contributed by atoms with Crippen molar-refractivity contribution in [3.8, 4) is 0 Å². The fourth-order valence-corrected chi connectivity index (χ4v) is 2.46. The molecule has 0 atom stereocenters. The summed E-state index contributed by atoms with van der Waals surface area (Å²) in [6.07, 6.45) is 0. The van der Waals surface area contributed by atoms with Crippen LogP contribution in [0.15, 0.2) is 35.7 Å². The van der Waals surface area contributed by atoms with Gasteiger partial charge in [0.05, 0.1) is 18.1 Å². The van der Waals surface area contributed by atoms with E-state index in [-0.39, 0.29) is 10.6 Å². The maximum atomic E-state index is 11.0. The molecule has 6 heteroatoms. The Kier molecular flexibility index (Phi) is 5.09. The molecule has 0 saturated carbocycles. The van der Waals surface area contributed by atoms with E-state index in [2.05, 4.69) is 5.32 Å². The van der Waals surface area contributed by atoms with Crippen molar-refractivity contribution in [2.75, 3.05) is 11.9 Å². The van der Waals surface area contributed by atoms with Gasteiger partial charge < -0.3 is 10.1 Å². The minimum Gasteiger partial charge on any atom is -0.380 e. The molecule has 0 saturated heterocycles. The first kappa shape index (κ1) is 14.5. The number of thiophene rings is 1. The number of hydrogen-bond acceptors (Lipinski definition) is 5. The molecule has 2 aromatic rings. The summed E-state index contributed by atoms with van der Waals surface area (Å²) in [5.74, 6) is 0. The second-order valence-corrected chi connectivity index (χ2v) is 5.24. The van der Waals surface area contributed by atoms with Gasteiger partial charge in [-0.3, -0.25) is 10.1 Å². The molecular formula is C14H16N2O3S. The zero-order chi connectivity index (χ0) is 14.4. The Bertz CT molecular complexity index is 570. The Balaban J connectivity index is 2.01. The van der Waals surface area contributed by atoms with Crippen LogP contribution in [0.2, 0.25) is 0 Å². The molecule has 106 valence electrons. The van der Waals surface area contributed by atoms with Crippen molar-refractivity contribution < 1.29 is 9.66 Å². The van der Waals surface area contributed by atoms with E-state index in [9.17, 15) is 10.1 Å². The number of nitrogens with one attached hydrogen (secondary N) is 1. The van der Waals surface area contributed by atoms with E-state index in [0.29, 0.717) is 25.4 Å². The smallest absolute Gasteiger partial charge is 0.292 e. The second kappa shape index (κ2) is 7.02. The molecule has 0 spiro atoms. The molecule has 1 aromatic heterocycles. The molecule has 0 unspecified atom stereocenters. The first-order valence-electron chi connectivity index (χ1n) is 6.32. The lowest BCUT2D eigenvalue weighted by molar-refractivity contribution is -0.384. The highest BCUT2D eigenvalue weighted by Crippen LogP contribution is 2.26. The standard InChI is InChI=1S/C14H16N2O3S/c1-2-15-13-6-5-11(8-14(13)16(17)18)9-19-10-12-4-3-7-20-12/h3-8,15H,2,9-10H2,1H3. The van der Waals surface area contributed by atoms with Gasteiger partial charge in [-0.1, -0.05) is 12.1 Å². The van der Waals surface area contributed by atoms with Crippen molar-refractivity contribution in [1.82, 2.24) is 0 Å². The summed E-state index contributed by atoms with van der Waals surface area (Å²) in [7, 11) is 0. The average molecular weight is 292 g/mol. The topological polar surface area (TPSA) is 64.4 Å². The number of nitrogens with zero attached hydrogens (tertiary/aromatic N) is 1. The van der Waals surface area contributed by atoms with Crippen LogP contribution in [-0.2, 0) is 18.0 Å². The normalized spacial score (nSPS) is 10.4. The van der Waals surface area contributed by atoms with Crippen molar-refractivity contribution in [2.24, 2.45) is 0 Å². The van der Waals surface area contributed by atoms with E-state index in [1.807, 2.05) is 30.5 Å². The Labute approximate surface area is 121 Å². The van der Waals surface area contributed by atoms with Gasteiger partial charge in [0.25, 0.3) is 5.69 Å². The number of rotatable bonds is 7. The predicted octanol–water partition coefficient (Wildman–Crippen LogP) is 3.80. The summed E-state index contributed by atoms with van der Waals surface area (Å²) in [4.78, 5) is 11.8. The van der Waals surface area contributed by atoms with E-state index in [4.69, 9.17) is 4.74 Å². The average Bonchev–Trinajstić information content (AvgIpc) is 2.93. The van der Waals surface area contributed by atoms with Crippen LogP contribution >= 0.6 is 11.3 Å². The number of anilines is 1. The predicted molar refractivity (Wildman–Crippen MR) is 80.1 cm³/mol. The Morgan fingerprint density at radius 2 is 2.20 bits per heavy atom. The largest absolute Gasteiger partial charge is 0.380 e. The van der Waals surface area contributed by atoms with Crippen molar-refractivity contribution >= 4 is 22.7 Å². The molecule has 0 amide bonds. The minimum absolute atomic E-state index is 0.0871. The van der Waals surface area contributed by atoms with Gasteiger partial charge in [0.15, 0.2) is 0 Å². The van der Waals surface area contributed by atoms with Crippen molar-refractivity contribution in [1.29, 1.82) is 0 Å². The van der Waals surface area contributed by atoms with Gasteiger partial charge in [0, 0.05) is 17.5 Å². The van der Waals surface area contributed by atoms with Crippen LogP contribution in [0.1, 0.15) is 17.4 Å². The number of hydrogen-bond donors (Lipinski definition) is 1. The van der Waals surface area contributed by atoms with Crippen LogP contribution in [0, 0.1) is 10.1 Å². The van der Waals surface area contributed by atoms with E-state index >= 15 is 0 Å². The highest BCUT2D eigenvalue weighted by Gasteiger charge is 2.13. The monoisotopic (exact) mass is 292 g/mol. The van der Waals surface area contributed by atoms with Gasteiger partial charge in [-0.05, 0) is 30.0 Å². The first-order chi connectivity index (χ1) is 9.70. The van der Waals surface area contributed by atoms with Crippen LogP contribution in [-0.4, -0.2) is 11.5 Å². The molecule has 1 N–H and O–H groups in total. The van der Waals surface area contributed by atoms with Crippen LogP contribution in [0.5, 0.6) is 0 Å². The van der Waals surface area contributed by atoms with Crippen LogP contribution in [0.25, 0.3) is 0 Å². The molecule has 0 bridgehead atoms. The third-order valence-electron chi connectivity index (χ3n) is 2.72. The number of nitro groups is 1. The number of nitro benzene ring substituents is 1. The van der Waals surface area contributed by atoms with Gasteiger partial charge in [-0.25, -0.2) is 0 Å². The lowest BCUT2D eigenvalue weighted by Crippen LogP contribution is -2.02. The summed E-state index contributed by atoms with van der Waals surface area (Å²) < 4.78 is 5.57. The van der Waals surface area contributed by atoms with Crippen LogP contribution in [0.3, 0.4) is 0 Å². The molecule has 5 nitrogen and oxygen atoms in total. The molecule has 0 radical (unpaired) electrons. The third-order valence-corrected chi connectivity index (χ3v) is 3.57. The molecule has 20 heavy (non-hydrogen) atoms.